The van der Waals surface area contributed by atoms with Crippen LogP contribution in [0.1, 0.15) is 26.7 Å². The first kappa shape index (κ1) is 9.01. The summed E-state index contributed by atoms with van der Waals surface area (Å²) in [5.74, 6) is 1.16. The predicted molar refractivity (Wildman–Crippen MR) is 44.4 cm³/mol. The number of hydrogen-bond acceptors (Lipinski definition) is 2. The minimum absolute atomic E-state index is 0.217. The molecule has 1 aliphatic heterocycles. The second-order valence-corrected chi connectivity index (χ2v) is 3.82. The molecular formula is C9H18O2. The van der Waals surface area contributed by atoms with Crippen LogP contribution in [0.4, 0.5) is 0 Å². The Hall–Kier alpha value is -0.0800. The lowest BCUT2D eigenvalue weighted by atomic mass is 9.89. The molecule has 1 aliphatic rings. The predicted octanol–water partition coefficient (Wildman–Crippen LogP) is 1.43. The van der Waals surface area contributed by atoms with Crippen molar-refractivity contribution in [3.8, 4) is 0 Å². The second kappa shape index (κ2) is 4.07. The Morgan fingerprint density at radius 1 is 1.55 bits per heavy atom. The standard InChI is InChI=1S/C9H18O2/c1-7(2)5-8-3-4-11-6-9(8)10/h7-10H,3-6H2,1-2H3. The second-order valence-electron chi connectivity index (χ2n) is 3.82. The van der Waals surface area contributed by atoms with E-state index < -0.39 is 0 Å². The Bertz CT molecular complexity index is 112. The van der Waals surface area contributed by atoms with Crippen LogP contribution in [0.25, 0.3) is 0 Å². The topological polar surface area (TPSA) is 29.5 Å². The highest BCUT2D eigenvalue weighted by atomic mass is 16.5. The van der Waals surface area contributed by atoms with Crippen molar-refractivity contribution in [3.05, 3.63) is 0 Å². The van der Waals surface area contributed by atoms with Gasteiger partial charge in [-0.3, -0.25) is 0 Å². The number of rotatable bonds is 2. The zero-order chi connectivity index (χ0) is 8.27. The van der Waals surface area contributed by atoms with Crippen molar-refractivity contribution in [2.45, 2.75) is 32.8 Å². The summed E-state index contributed by atoms with van der Waals surface area (Å²) in [5.41, 5.74) is 0. The Morgan fingerprint density at radius 2 is 2.27 bits per heavy atom. The number of ether oxygens (including phenoxy) is 1. The van der Waals surface area contributed by atoms with Gasteiger partial charge in [-0.25, -0.2) is 0 Å². The Balaban J connectivity index is 2.29. The maximum atomic E-state index is 9.49. The van der Waals surface area contributed by atoms with E-state index in [0.717, 1.165) is 19.4 Å². The van der Waals surface area contributed by atoms with Gasteiger partial charge >= 0.3 is 0 Å². The fourth-order valence-electron chi connectivity index (χ4n) is 1.65. The Kier molecular flexibility index (Phi) is 3.34. The van der Waals surface area contributed by atoms with Gasteiger partial charge in [-0.2, -0.15) is 0 Å². The van der Waals surface area contributed by atoms with Gasteiger partial charge in [-0.05, 0) is 24.7 Å². The molecule has 1 heterocycles. The fraction of sp³-hybridized carbons (Fsp3) is 1.00. The van der Waals surface area contributed by atoms with E-state index in [-0.39, 0.29) is 6.10 Å². The monoisotopic (exact) mass is 158 g/mol. The van der Waals surface area contributed by atoms with Crippen LogP contribution in [0.5, 0.6) is 0 Å². The summed E-state index contributed by atoms with van der Waals surface area (Å²) in [7, 11) is 0. The zero-order valence-electron chi connectivity index (χ0n) is 7.42. The summed E-state index contributed by atoms with van der Waals surface area (Å²) < 4.78 is 5.14. The van der Waals surface area contributed by atoms with Crippen LogP contribution in [-0.2, 0) is 4.74 Å². The molecule has 0 bridgehead atoms. The Morgan fingerprint density at radius 3 is 2.82 bits per heavy atom. The zero-order valence-corrected chi connectivity index (χ0v) is 7.42. The highest BCUT2D eigenvalue weighted by molar-refractivity contribution is 4.73. The molecule has 0 aromatic carbocycles. The molecule has 2 heteroatoms. The summed E-state index contributed by atoms with van der Waals surface area (Å²) in [6.07, 6.45) is 1.94. The van der Waals surface area contributed by atoms with Crippen LogP contribution in [0, 0.1) is 11.8 Å². The Labute approximate surface area is 68.6 Å². The average Bonchev–Trinajstić information content (AvgIpc) is 1.93. The van der Waals surface area contributed by atoms with Crippen LogP contribution < -0.4 is 0 Å². The first-order valence-electron chi connectivity index (χ1n) is 4.46. The normalized spacial score (nSPS) is 32.7. The molecule has 0 aromatic heterocycles. The van der Waals surface area contributed by atoms with Gasteiger partial charge < -0.3 is 9.84 Å². The molecule has 1 fully saturated rings. The van der Waals surface area contributed by atoms with E-state index in [2.05, 4.69) is 13.8 Å². The van der Waals surface area contributed by atoms with E-state index in [1.54, 1.807) is 0 Å². The van der Waals surface area contributed by atoms with Crippen LogP contribution in [0.2, 0.25) is 0 Å². The van der Waals surface area contributed by atoms with Crippen molar-refractivity contribution in [2.75, 3.05) is 13.2 Å². The summed E-state index contributed by atoms with van der Waals surface area (Å²) in [4.78, 5) is 0. The average molecular weight is 158 g/mol. The molecule has 2 unspecified atom stereocenters. The van der Waals surface area contributed by atoms with Gasteiger partial charge in [-0.15, -0.1) is 0 Å². The molecule has 0 aromatic rings. The summed E-state index contributed by atoms with van der Waals surface area (Å²) >= 11 is 0. The number of aliphatic hydroxyl groups excluding tert-OH is 1. The summed E-state index contributed by atoms with van der Waals surface area (Å²) in [6, 6.07) is 0. The third kappa shape index (κ3) is 2.80. The SMILES string of the molecule is CC(C)CC1CCOCC1O. The molecule has 11 heavy (non-hydrogen) atoms. The van der Waals surface area contributed by atoms with Crippen LogP contribution in [0.3, 0.4) is 0 Å². The van der Waals surface area contributed by atoms with E-state index in [0.29, 0.717) is 18.4 Å². The minimum atomic E-state index is -0.217. The molecule has 0 spiro atoms. The van der Waals surface area contributed by atoms with Gasteiger partial charge in [0.05, 0.1) is 12.7 Å². The van der Waals surface area contributed by atoms with Gasteiger partial charge in [0.15, 0.2) is 0 Å². The van der Waals surface area contributed by atoms with Crippen molar-refractivity contribution >= 4 is 0 Å². The van der Waals surface area contributed by atoms with Gasteiger partial charge in [-0.1, -0.05) is 13.8 Å². The van der Waals surface area contributed by atoms with Crippen molar-refractivity contribution in [1.29, 1.82) is 0 Å². The summed E-state index contributed by atoms with van der Waals surface area (Å²) in [5, 5.41) is 9.49. The first-order chi connectivity index (χ1) is 5.20. The van der Waals surface area contributed by atoms with Crippen molar-refractivity contribution in [3.63, 3.8) is 0 Å². The molecule has 1 rings (SSSR count). The molecule has 2 nitrogen and oxygen atoms in total. The lowest BCUT2D eigenvalue weighted by molar-refractivity contribution is -0.0491. The molecule has 66 valence electrons. The van der Waals surface area contributed by atoms with E-state index in [1.165, 1.54) is 0 Å². The number of aliphatic hydroxyl groups is 1. The van der Waals surface area contributed by atoms with E-state index in [1.807, 2.05) is 0 Å². The van der Waals surface area contributed by atoms with Gasteiger partial charge in [0.1, 0.15) is 0 Å². The third-order valence-electron chi connectivity index (χ3n) is 2.24. The third-order valence-corrected chi connectivity index (χ3v) is 2.24. The number of hydrogen-bond donors (Lipinski definition) is 1. The van der Waals surface area contributed by atoms with Crippen LogP contribution in [0.15, 0.2) is 0 Å². The highest BCUT2D eigenvalue weighted by Gasteiger charge is 2.23. The lowest BCUT2D eigenvalue weighted by Gasteiger charge is -2.28. The molecule has 0 aliphatic carbocycles. The van der Waals surface area contributed by atoms with Gasteiger partial charge in [0.25, 0.3) is 0 Å². The van der Waals surface area contributed by atoms with Gasteiger partial charge in [0.2, 0.25) is 0 Å². The molecule has 0 amide bonds. The minimum Gasteiger partial charge on any atom is -0.390 e. The van der Waals surface area contributed by atoms with Crippen molar-refractivity contribution in [1.82, 2.24) is 0 Å². The fourth-order valence-corrected chi connectivity index (χ4v) is 1.65. The molecule has 0 radical (unpaired) electrons. The van der Waals surface area contributed by atoms with Crippen molar-refractivity contribution in [2.24, 2.45) is 11.8 Å². The lowest BCUT2D eigenvalue weighted by Crippen LogP contribution is -2.32. The van der Waals surface area contributed by atoms with E-state index >= 15 is 0 Å². The van der Waals surface area contributed by atoms with Gasteiger partial charge in [0, 0.05) is 6.61 Å². The smallest absolute Gasteiger partial charge is 0.0802 e. The molecule has 2 atom stereocenters. The maximum Gasteiger partial charge on any atom is 0.0802 e. The van der Waals surface area contributed by atoms with Crippen LogP contribution in [-0.4, -0.2) is 24.4 Å². The largest absolute Gasteiger partial charge is 0.390 e. The molecule has 1 saturated heterocycles. The van der Waals surface area contributed by atoms with E-state index in [4.69, 9.17) is 4.74 Å². The summed E-state index contributed by atoms with van der Waals surface area (Å²) in [6.45, 7) is 5.76. The van der Waals surface area contributed by atoms with Crippen LogP contribution >= 0.6 is 0 Å². The highest BCUT2D eigenvalue weighted by Crippen LogP contribution is 2.22. The van der Waals surface area contributed by atoms with E-state index in [9.17, 15) is 5.11 Å². The van der Waals surface area contributed by atoms with Crippen molar-refractivity contribution < 1.29 is 9.84 Å². The molecular weight excluding hydrogens is 140 g/mol. The first-order valence-corrected chi connectivity index (χ1v) is 4.46. The maximum absolute atomic E-state index is 9.49. The molecule has 0 saturated carbocycles. The molecule has 1 N–H and O–H groups in total. The quantitative estimate of drug-likeness (QED) is 0.658.